The van der Waals surface area contributed by atoms with Crippen molar-refractivity contribution < 1.29 is 9.90 Å². The van der Waals surface area contributed by atoms with Crippen molar-refractivity contribution in [1.29, 1.82) is 0 Å². The SMILES string of the molecule is CCCC1(C(=O)NC2(CO)CCC(C)CC2)CCCNC1. The van der Waals surface area contributed by atoms with Crippen LogP contribution in [0.1, 0.15) is 65.2 Å². The second kappa shape index (κ2) is 7.10. The molecule has 0 aromatic carbocycles. The first-order valence-electron chi connectivity index (χ1n) is 8.70. The Labute approximate surface area is 129 Å². The molecule has 2 rings (SSSR count). The third-order valence-corrected chi connectivity index (χ3v) is 5.60. The molecule has 1 aliphatic heterocycles. The van der Waals surface area contributed by atoms with Gasteiger partial charge in [0.25, 0.3) is 0 Å². The fourth-order valence-corrected chi connectivity index (χ4v) is 3.98. The molecule has 1 amide bonds. The second-order valence-corrected chi connectivity index (χ2v) is 7.39. The Morgan fingerprint density at radius 1 is 1.33 bits per heavy atom. The highest BCUT2D eigenvalue weighted by atomic mass is 16.3. The summed E-state index contributed by atoms with van der Waals surface area (Å²) in [5, 5.41) is 16.5. The van der Waals surface area contributed by atoms with Crippen LogP contribution in [-0.4, -0.2) is 36.2 Å². The first-order chi connectivity index (χ1) is 10.1. The van der Waals surface area contributed by atoms with E-state index in [1.807, 2.05) is 0 Å². The summed E-state index contributed by atoms with van der Waals surface area (Å²) in [4.78, 5) is 13.0. The molecular formula is C17H32N2O2. The molecule has 1 aliphatic carbocycles. The van der Waals surface area contributed by atoms with Crippen molar-refractivity contribution in [3.63, 3.8) is 0 Å². The van der Waals surface area contributed by atoms with Gasteiger partial charge in [-0.1, -0.05) is 20.3 Å². The topological polar surface area (TPSA) is 61.4 Å². The zero-order valence-corrected chi connectivity index (χ0v) is 13.7. The van der Waals surface area contributed by atoms with Crippen LogP contribution < -0.4 is 10.6 Å². The molecule has 1 unspecified atom stereocenters. The van der Waals surface area contributed by atoms with Gasteiger partial charge in [0.15, 0.2) is 0 Å². The highest BCUT2D eigenvalue weighted by Crippen LogP contribution is 2.36. The van der Waals surface area contributed by atoms with Crippen LogP contribution in [0.2, 0.25) is 0 Å². The van der Waals surface area contributed by atoms with Crippen molar-refractivity contribution in [3.8, 4) is 0 Å². The van der Waals surface area contributed by atoms with Crippen LogP contribution in [0.25, 0.3) is 0 Å². The molecule has 0 aromatic rings. The lowest BCUT2D eigenvalue weighted by atomic mass is 9.73. The maximum absolute atomic E-state index is 13.0. The van der Waals surface area contributed by atoms with Gasteiger partial charge in [0, 0.05) is 6.54 Å². The molecule has 1 saturated carbocycles. The van der Waals surface area contributed by atoms with Gasteiger partial charge in [-0.25, -0.2) is 0 Å². The largest absolute Gasteiger partial charge is 0.394 e. The Bertz CT molecular complexity index is 337. The van der Waals surface area contributed by atoms with Gasteiger partial charge in [-0.15, -0.1) is 0 Å². The molecule has 1 atom stereocenters. The van der Waals surface area contributed by atoms with E-state index in [-0.39, 0.29) is 23.5 Å². The van der Waals surface area contributed by atoms with Crippen molar-refractivity contribution in [2.24, 2.45) is 11.3 Å². The first-order valence-corrected chi connectivity index (χ1v) is 8.70. The van der Waals surface area contributed by atoms with E-state index in [0.29, 0.717) is 5.92 Å². The summed E-state index contributed by atoms with van der Waals surface area (Å²) in [6, 6.07) is 0. The Morgan fingerprint density at radius 2 is 2.05 bits per heavy atom. The maximum atomic E-state index is 13.0. The number of aliphatic hydroxyl groups excluding tert-OH is 1. The Morgan fingerprint density at radius 3 is 2.57 bits per heavy atom. The molecule has 21 heavy (non-hydrogen) atoms. The summed E-state index contributed by atoms with van der Waals surface area (Å²) in [5.41, 5.74) is -0.639. The van der Waals surface area contributed by atoms with Gasteiger partial charge in [0.1, 0.15) is 0 Å². The molecule has 0 bridgehead atoms. The lowest BCUT2D eigenvalue weighted by Crippen LogP contribution is -2.59. The summed E-state index contributed by atoms with van der Waals surface area (Å²) < 4.78 is 0. The number of rotatable bonds is 5. The fraction of sp³-hybridized carbons (Fsp3) is 0.941. The van der Waals surface area contributed by atoms with Crippen LogP contribution in [0.15, 0.2) is 0 Å². The van der Waals surface area contributed by atoms with Crippen molar-refractivity contribution >= 4 is 5.91 Å². The first kappa shape index (κ1) is 16.8. The van der Waals surface area contributed by atoms with Gasteiger partial charge >= 0.3 is 0 Å². The molecule has 2 fully saturated rings. The average molecular weight is 296 g/mol. The molecule has 3 N–H and O–H groups in total. The number of carbonyl (C=O) groups is 1. The predicted molar refractivity (Wildman–Crippen MR) is 85.0 cm³/mol. The van der Waals surface area contributed by atoms with E-state index in [1.165, 1.54) is 0 Å². The lowest BCUT2D eigenvalue weighted by molar-refractivity contribution is -0.136. The molecule has 4 nitrogen and oxygen atoms in total. The van der Waals surface area contributed by atoms with Gasteiger partial charge in [-0.2, -0.15) is 0 Å². The summed E-state index contributed by atoms with van der Waals surface area (Å²) in [7, 11) is 0. The van der Waals surface area contributed by atoms with E-state index in [2.05, 4.69) is 24.5 Å². The van der Waals surface area contributed by atoms with Crippen LogP contribution in [-0.2, 0) is 4.79 Å². The van der Waals surface area contributed by atoms with E-state index in [9.17, 15) is 9.90 Å². The van der Waals surface area contributed by atoms with E-state index in [1.54, 1.807) is 0 Å². The summed E-state index contributed by atoms with van der Waals surface area (Å²) >= 11 is 0. The van der Waals surface area contributed by atoms with Crippen LogP contribution >= 0.6 is 0 Å². The molecule has 4 heteroatoms. The monoisotopic (exact) mass is 296 g/mol. The number of aliphatic hydroxyl groups is 1. The van der Waals surface area contributed by atoms with Crippen molar-refractivity contribution in [3.05, 3.63) is 0 Å². The number of amides is 1. The minimum absolute atomic E-state index is 0.0705. The van der Waals surface area contributed by atoms with Gasteiger partial charge in [-0.05, 0) is 57.4 Å². The molecule has 0 spiro atoms. The Balaban J connectivity index is 2.06. The minimum atomic E-state index is -0.373. The van der Waals surface area contributed by atoms with Crippen LogP contribution in [0.3, 0.4) is 0 Å². The summed E-state index contributed by atoms with van der Waals surface area (Å²) in [6.07, 6.45) is 8.01. The van der Waals surface area contributed by atoms with Crippen molar-refractivity contribution in [2.45, 2.75) is 70.8 Å². The second-order valence-electron chi connectivity index (χ2n) is 7.39. The quantitative estimate of drug-likeness (QED) is 0.729. The maximum Gasteiger partial charge on any atom is 0.228 e. The van der Waals surface area contributed by atoms with E-state index in [0.717, 1.165) is 64.5 Å². The standard InChI is InChI=1S/C17H32N2O2/c1-3-7-16(8-4-11-18-12-16)15(21)19-17(13-20)9-5-14(2)6-10-17/h14,18,20H,3-13H2,1-2H3,(H,19,21). The highest BCUT2D eigenvalue weighted by Gasteiger charge is 2.43. The highest BCUT2D eigenvalue weighted by molar-refractivity contribution is 5.83. The van der Waals surface area contributed by atoms with E-state index >= 15 is 0 Å². The third-order valence-electron chi connectivity index (χ3n) is 5.60. The van der Waals surface area contributed by atoms with Crippen LogP contribution in [0.4, 0.5) is 0 Å². The number of hydrogen-bond acceptors (Lipinski definition) is 3. The Kier molecular flexibility index (Phi) is 5.67. The number of nitrogens with one attached hydrogen (secondary N) is 2. The Hall–Kier alpha value is -0.610. The number of carbonyl (C=O) groups excluding carboxylic acids is 1. The number of piperidine rings is 1. The van der Waals surface area contributed by atoms with Gasteiger partial charge in [0.2, 0.25) is 5.91 Å². The molecule has 1 saturated heterocycles. The van der Waals surface area contributed by atoms with Gasteiger partial charge < -0.3 is 15.7 Å². The van der Waals surface area contributed by atoms with Crippen molar-refractivity contribution in [1.82, 2.24) is 10.6 Å². The zero-order valence-electron chi connectivity index (χ0n) is 13.7. The molecule has 0 radical (unpaired) electrons. The molecular weight excluding hydrogens is 264 g/mol. The summed E-state index contributed by atoms with van der Waals surface area (Å²) in [6.45, 7) is 6.27. The predicted octanol–water partition coefficient (Wildman–Crippen LogP) is 2.21. The fourth-order valence-electron chi connectivity index (χ4n) is 3.98. The molecule has 0 aromatic heterocycles. The molecule has 1 heterocycles. The summed E-state index contributed by atoms with van der Waals surface area (Å²) in [5.74, 6) is 0.877. The van der Waals surface area contributed by atoms with E-state index < -0.39 is 0 Å². The van der Waals surface area contributed by atoms with Crippen molar-refractivity contribution in [2.75, 3.05) is 19.7 Å². The van der Waals surface area contributed by atoms with E-state index in [4.69, 9.17) is 0 Å². The smallest absolute Gasteiger partial charge is 0.228 e. The van der Waals surface area contributed by atoms with Crippen LogP contribution in [0.5, 0.6) is 0 Å². The third kappa shape index (κ3) is 3.78. The lowest BCUT2D eigenvalue weighted by Gasteiger charge is -2.43. The average Bonchev–Trinajstić information content (AvgIpc) is 2.51. The van der Waals surface area contributed by atoms with Crippen LogP contribution in [0, 0.1) is 11.3 Å². The van der Waals surface area contributed by atoms with Gasteiger partial charge in [0.05, 0.1) is 17.6 Å². The molecule has 2 aliphatic rings. The normalized spacial score (nSPS) is 37.2. The molecule has 122 valence electrons. The zero-order chi connectivity index (χ0) is 15.3. The van der Waals surface area contributed by atoms with Gasteiger partial charge in [-0.3, -0.25) is 4.79 Å². The number of hydrogen-bond donors (Lipinski definition) is 3. The minimum Gasteiger partial charge on any atom is -0.394 e.